The van der Waals surface area contributed by atoms with Crippen molar-refractivity contribution in [1.29, 1.82) is 0 Å². The number of nitrogens with zero attached hydrogens (tertiary/aromatic N) is 1. The molecule has 0 saturated heterocycles. The van der Waals surface area contributed by atoms with Gasteiger partial charge < -0.3 is 9.32 Å². The summed E-state index contributed by atoms with van der Waals surface area (Å²) >= 11 is 0. The van der Waals surface area contributed by atoms with Crippen molar-refractivity contribution in [3.63, 3.8) is 0 Å². The maximum Gasteiger partial charge on any atom is 0.143 e. The molecule has 0 radical (unpaired) electrons. The molecule has 2 nitrogen and oxygen atoms in total. The van der Waals surface area contributed by atoms with Crippen molar-refractivity contribution in [2.24, 2.45) is 0 Å². The first-order chi connectivity index (χ1) is 29.3. The van der Waals surface area contributed by atoms with Crippen LogP contribution in [0, 0.1) is 0 Å². The molecule has 1 aromatic heterocycles. The van der Waals surface area contributed by atoms with Crippen LogP contribution in [0.25, 0.3) is 65.7 Å². The zero-order chi connectivity index (χ0) is 38.9. The quantitative estimate of drug-likeness (QED) is 0.168. The summed E-state index contributed by atoms with van der Waals surface area (Å²) in [5.74, 6) is 0. The smallest absolute Gasteiger partial charge is 0.143 e. The minimum Gasteiger partial charge on any atom is -0.455 e. The minimum absolute atomic E-state index is 0.520. The molecule has 1 aliphatic rings. The third-order valence-corrected chi connectivity index (χ3v) is 12.5. The zero-order valence-electron chi connectivity index (χ0n) is 32.2. The van der Waals surface area contributed by atoms with Crippen LogP contribution in [0.15, 0.2) is 229 Å². The van der Waals surface area contributed by atoms with Crippen LogP contribution in [0.5, 0.6) is 0 Å². The van der Waals surface area contributed by atoms with Crippen LogP contribution in [0.4, 0.5) is 17.1 Å². The second-order valence-electron chi connectivity index (χ2n) is 15.6. The topological polar surface area (TPSA) is 16.4 Å². The number of benzene rings is 10. The SMILES string of the molecule is c1ccc(N(c2ccc3c(c2)C(c2ccccc2)(c2ccccc2)c2ccccc2-3)c2cccc3oc4c(-c5cccc6ccccc56)c5ccccc5cc4c23)cc1. The van der Waals surface area contributed by atoms with Gasteiger partial charge in [0.2, 0.25) is 0 Å². The fourth-order valence-electron chi connectivity index (χ4n) is 10.1. The summed E-state index contributed by atoms with van der Waals surface area (Å²) in [6.07, 6.45) is 0. The molecular formula is C57H37NO. The molecule has 0 aliphatic heterocycles. The van der Waals surface area contributed by atoms with Crippen molar-refractivity contribution in [1.82, 2.24) is 0 Å². The van der Waals surface area contributed by atoms with Gasteiger partial charge in [-0.15, -0.1) is 0 Å². The first-order valence-electron chi connectivity index (χ1n) is 20.3. The Morgan fingerprint density at radius 2 is 0.966 bits per heavy atom. The Kier molecular flexibility index (Phi) is 7.48. The molecule has 0 N–H and O–H groups in total. The van der Waals surface area contributed by atoms with Crippen LogP contribution in [-0.4, -0.2) is 0 Å². The van der Waals surface area contributed by atoms with Crippen molar-refractivity contribution < 1.29 is 4.42 Å². The van der Waals surface area contributed by atoms with E-state index in [1.807, 2.05) is 0 Å². The van der Waals surface area contributed by atoms with Gasteiger partial charge in [-0.3, -0.25) is 0 Å². The van der Waals surface area contributed by atoms with Gasteiger partial charge in [0, 0.05) is 22.3 Å². The minimum atomic E-state index is -0.520. The van der Waals surface area contributed by atoms with Gasteiger partial charge in [-0.05, 0) is 103 Å². The van der Waals surface area contributed by atoms with Gasteiger partial charge >= 0.3 is 0 Å². The Balaban J connectivity index is 1.16. The summed E-state index contributed by atoms with van der Waals surface area (Å²) in [5, 5.41) is 6.94. The Bertz CT molecular complexity index is 3340. The van der Waals surface area contributed by atoms with E-state index in [1.165, 1.54) is 60.5 Å². The van der Waals surface area contributed by atoms with Crippen molar-refractivity contribution in [3.05, 3.63) is 247 Å². The fourth-order valence-corrected chi connectivity index (χ4v) is 10.1. The molecule has 11 aromatic rings. The summed E-state index contributed by atoms with van der Waals surface area (Å²) in [6.45, 7) is 0. The second kappa shape index (κ2) is 13.2. The summed E-state index contributed by atoms with van der Waals surface area (Å²) in [5.41, 5.74) is 14.3. The molecule has 2 heteroatoms. The van der Waals surface area contributed by atoms with Crippen LogP contribution in [-0.2, 0) is 5.41 Å². The van der Waals surface area contributed by atoms with Crippen LogP contribution in [0.2, 0.25) is 0 Å². The van der Waals surface area contributed by atoms with E-state index in [9.17, 15) is 0 Å². The first-order valence-corrected chi connectivity index (χ1v) is 20.3. The predicted molar refractivity (Wildman–Crippen MR) is 246 cm³/mol. The second-order valence-corrected chi connectivity index (χ2v) is 15.6. The van der Waals surface area contributed by atoms with E-state index >= 15 is 0 Å². The largest absolute Gasteiger partial charge is 0.455 e. The van der Waals surface area contributed by atoms with Gasteiger partial charge in [0.1, 0.15) is 11.2 Å². The lowest BCUT2D eigenvalue weighted by Gasteiger charge is -2.35. The molecular weight excluding hydrogens is 715 g/mol. The summed E-state index contributed by atoms with van der Waals surface area (Å²) in [6, 6.07) is 81.6. The van der Waals surface area contributed by atoms with Crippen LogP contribution in [0.1, 0.15) is 22.3 Å². The maximum absolute atomic E-state index is 7.10. The Morgan fingerprint density at radius 3 is 1.75 bits per heavy atom. The van der Waals surface area contributed by atoms with Gasteiger partial charge in [-0.1, -0.05) is 182 Å². The van der Waals surface area contributed by atoms with E-state index in [0.29, 0.717) is 0 Å². The third kappa shape index (κ3) is 4.93. The molecule has 0 bridgehead atoms. The molecule has 10 aromatic carbocycles. The van der Waals surface area contributed by atoms with E-state index < -0.39 is 5.41 Å². The fraction of sp³-hybridized carbons (Fsp3) is 0.0175. The Morgan fingerprint density at radius 1 is 0.373 bits per heavy atom. The lowest BCUT2D eigenvalue weighted by molar-refractivity contribution is 0.670. The Labute approximate surface area is 342 Å². The normalized spacial score (nSPS) is 12.9. The van der Waals surface area contributed by atoms with Crippen molar-refractivity contribution in [3.8, 4) is 22.3 Å². The van der Waals surface area contributed by atoms with E-state index in [4.69, 9.17) is 4.42 Å². The van der Waals surface area contributed by atoms with Crippen molar-refractivity contribution in [2.45, 2.75) is 5.41 Å². The van der Waals surface area contributed by atoms with E-state index in [2.05, 4.69) is 229 Å². The molecule has 12 rings (SSSR count). The van der Waals surface area contributed by atoms with E-state index in [1.54, 1.807) is 0 Å². The molecule has 59 heavy (non-hydrogen) atoms. The highest BCUT2D eigenvalue weighted by Crippen LogP contribution is 2.57. The maximum atomic E-state index is 7.10. The van der Waals surface area contributed by atoms with Crippen LogP contribution < -0.4 is 4.90 Å². The lowest BCUT2D eigenvalue weighted by Crippen LogP contribution is -2.28. The van der Waals surface area contributed by atoms with Gasteiger partial charge in [0.05, 0.1) is 16.5 Å². The van der Waals surface area contributed by atoms with Gasteiger partial charge in [0.25, 0.3) is 0 Å². The van der Waals surface area contributed by atoms with E-state index in [-0.39, 0.29) is 0 Å². The number of rotatable bonds is 6. The molecule has 0 saturated carbocycles. The molecule has 0 fully saturated rings. The predicted octanol–water partition coefficient (Wildman–Crippen LogP) is 15.4. The number of para-hydroxylation sites is 1. The highest BCUT2D eigenvalue weighted by atomic mass is 16.3. The zero-order valence-corrected chi connectivity index (χ0v) is 32.2. The monoisotopic (exact) mass is 751 g/mol. The number of furan rings is 1. The molecule has 0 amide bonds. The highest BCUT2D eigenvalue weighted by molar-refractivity contribution is 6.23. The van der Waals surface area contributed by atoms with Gasteiger partial charge in [-0.25, -0.2) is 0 Å². The summed E-state index contributed by atoms with van der Waals surface area (Å²) < 4.78 is 7.10. The number of anilines is 3. The average molecular weight is 752 g/mol. The number of fused-ring (bicyclic) bond motifs is 8. The molecule has 1 aliphatic carbocycles. The average Bonchev–Trinajstić information content (AvgIpc) is 3.83. The molecule has 1 heterocycles. The summed E-state index contributed by atoms with van der Waals surface area (Å²) in [7, 11) is 0. The first kappa shape index (κ1) is 33.5. The molecule has 276 valence electrons. The number of hydrogen-bond donors (Lipinski definition) is 0. The van der Waals surface area contributed by atoms with Gasteiger partial charge in [0.15, 0.2) is 0 Å². The summed E-state index contributed by atoms with van der Waals surface area (Å²) in [4.78, 5) is 2.42. The van der Waals surface area contributed by atoms with Crippen LogP contribution in [0.3, 0.4) is 0 Å². The van der Waals surface area contributed by atoms with Crippen molar-refractivity contribution >= 4 is 60.5 Å². The lowest BCUT2D eigenvalue weighted by atomic mass is 9.67. The highest BCUT2D eigenvalue weighted by Gasteiger charge is 2.46. The molecule has 0 atom stereocenters. The van der Waals surface area contributed by atoms with Gasteiger partial charge in [-0.2, -0.15) is 0 Å². The van der Waals surface area contributed by atoms with E-state index in [0.717, 1.165) is 44.6 Å². The van der Waals surface area contributed by atoms with Crippen molar-refractivity contribution in [2.75, 3.05) is 4.90 Å². The standard InChI is InChI=1S/C57H37NO/c1-4-21-40(22-5-1)57(41-23-6-2-7-24-41)50-31-15-14-29-46(50)47-35-34-43(37-51(47)57)58(42-25-8-3-9-26-42)52-32-17-33-53-55(52)49-36-39-19-11-13-28-45(39)54(56(49)59-53)48-30-16-20-38-18-10-12-27-44(38)48/h1-37H. The Hall–Kier alpha value is -7.68. The molecule has 0 spiro atoms. The number of hydrogen-bond acceptors (Lipinski definition) is 2. The molecule has 0 unspecified atom stereocenters. The third-order valence-electron chi connectivity index (χ3n) is 12.5. The van der Waals surface area contributed by atoms with Crippen LogP contribution >= 0.6 is 0 Å².